The van der Waals surface area contributed by atoms with E-state index in [9.17, 15) is 19.2 Å². The van der Waals surface area contributed by atoms with E-state index in [2.05, 4.69) is 10.8 Å². The Hall–Kier alpha value is -3.56. The number of ketones is 2. The van der Waals surface area contributed by atoms with Gasteiger partial charge in [0.15, 0.2) is 5.78 Å². The molecule has 0 aliphatic carbocycles. The minimum Gasteiger partial charge on any atom is -0.496 e. The van der Waals surface area contributed by atoms with Crippen molar-refractivity contribution < 1.29 is 33.5 Å². The molecule has 0 radical (unpaired) electrons. The van der Waals surface area contributed by atoms with Crippen LogP contribution in [0.3, 0.4) is 0 Å². The largest absolute Gasteiger partial charge is 0.496 e. The lowest BCUT2D eigenvalue weighted by atomic mass is 9.93. The first-order chi connectivity index (χ1) is 20.0. The fraction of sp³-hybridized carbons (Fsp3) is 0.515. The lowest BCUT2D eigenvalue weighted by molar-refractivity contribution is -0.148. The van der Waals surface area contributed by atoms with E-state index in [0.29, 0.717) is 12.8 Å². The van der Waals surface area contributed by atoms with E-state index >= 15 is 0 Å². The van der Waals surface area contributed by atoms with Gasteiger partial charge in [0.05, 0.1) is 25.2 Å². The summed E-state index contributed by atoms with van der Waals surface area (Å²) in [5.41, 5.74) is 4.70. The highest BCUT2D eigenvalue weighted by molar-refractivity contribution is 5.94. The van der Waals surface area contributed by atoms with Crippen LogP contribution < -0.4 is 15.5 Å². The summed E-state index contributed by atoms with van der Waals surface area (Å²) in [4.78, 5) is 57.6. The number of methoxy groups -OCH3 is 2. The summed E-state index contributed by atoms with van der Waals surface area (Å²) in [5, 5.41) is 2.74. The third kappa shape index (κ3) is 12.1. The Morgan fingerprint density at radius 3 is 2.17 bits per heavy atom. The molecule has 0 saturated carbocycles. The number of rotatable bonds is 18. The lowest BCUT2D eigenvalue weighted by Crippen LogP contribution is -2.47. The van der Waals surface area contributed by atoms with Gasteiger partial charge in [-0.1, -0.05) is 55.5 Å². The number of hydrogen-bond donors (Lipinski definition) is 2. The van der Waals surface area contributed by atoms with Crippen molar-refractivity contribution in [3.63, 3.8) is 0 Å². The molecule has 2 atom stereocenters. The van der Waals surface area contributed by atoms with E-state index in [4.69, 9.17) is 14.3 Å². The van der Waals surface area contributed by atoms with Crippen molar-refractivity contribution in [2.75, 3.05) is 20.8 Å². The molecule has 0 saturated heterocycles. The monoisotopic (exact) mass is 582 g/mol. The Kier molecular flexibility index (Phi) is 14.4. The molecule has 0 unspecified atom stereocenters. The summed E-state index contributed by atoms with van der Waals surface area (Å²) in [5.74, 6) is -1.68. The van der Waals surface area contributed by atoms with Gasteiger partial charge in [0.25, 0.3) is 0 Å². The van der Waals surface area contributed by atoms with Crippen molar-refractivity contribution in [2.45, 2.75) is 84.3 Å². The Morgan fingerprint density at radius 1 is 0.857 bits per heavy atom. The number of ether oxygens (including phenoxy) is 2. The number of nitrogens with one attached hydrogen (secondary N) is 2. The number of carbonyl (C=O) groups excluding carboxylic acids is 4. The molecule has 0 bridgehead atoms. The lowest BCUT2D eigenvalue weighted by Gasteiger charge is -2.23. The summed E-state index contributed by atoms with van der Waals surface area (Å²) in [6.07, 6.45) is 1.73. The molecule has 42 heavy (non-hydrogen) atoms. The van der Waals surface area contributed by atoms with E-state index in [1.54, 1.807) is 27.9 Å². The standard InChI is InChI=1S/C33H46N2O7/c1-7-24-14-11-15-25(31(24)41-6)17-19-29(37)28(22-40-5)34-32(39)26(21-30(38)35-42-33(2,3)4)20-27(36)18-16-23-12-9-8-10-13-23/h8-15,26,28H,7,16-22H2,1-6H3,(H,34,39)(H,35,38)/t26-,28-/m0/s1. The molecular weight excluding hydrogens is 536 g/mol. The van der Waals surface area contributed by atoms with Crippen LogP contribution in [-0.4, -0.2) is 55.9 Å². The van der Waals surface area contributed by atoms with Gasteiger partial charge in [0.2, 0.25) is 11.8 Å². The van der Waals surface area contributed by atoms with Crippen molar-refractivity contribution >= 4 is 23.4 Å². The van der Waals surface area contributed by atoms with Crippen molar-refractivity contribution in [1.82, 2.24) is 10.8 Å². The first kappa shape index (κ1) is 34.6. The van der Waals surface area contributed by atoms with Crippen molar-refractivity contribution in [2.24, 2.45) is 5.92 Å². The van der Waals surface area contributed by atoms with Crippen LogP contribution in [0.15, 0.2) is 48.5 Å². The maximum absolute atomic E-state index is 13.4. The summed E-state index contributed by atoms with van der Waals surface area (Å²) in [6.45, 7) is 7.33. The van der Waals surface area contributed by atoms with Gasteiger partial charge in [-0.05, 0) is 56.7 Å². The van der Waals surface area contributed by atoms with E-state index in [1.165, 1.54) is 7.11 Å². The van der Waals surface area contributed by atoms with Gasteiger partial charge in [-0.25, -0.2) is 5.48 Å². The van der Waals surface area contributed by atoms with E-state index < -0.39 is 29.4 Å². The van der Waals surface area contributed by atoms with Crippen LogP contribution in [0.1, 0.15) is 70.1 Å². The number of para-hydroxylation sites is 1. The fourth-order valence-electron chi connectivity index (χ4n) is 4.52. The third-order valence-corrected chi connectivity index (χ3v) is 6.73. The first-order valence-electron chi connectivity index (χ1n) is 14.5. The molecule has 2 aromatic carbocycles. The van der Waals surface area contributed by atoms with Gasteiger partial charge in [0.1, 0.15) is 17.6 Å². The zero-order valence-electron chi connectivity index (χ0n) is 25.8. The number of carbonyl (C=O) groups is 4. The second kappa shape index (κ2) is 17.4. The third-order valence-electron chi connectivity index (χ3n) is 6.73. The number of aryl methyl sites for hydroxylation is 3. The average molecular weight is 583 g/mol. The van der Waals surface area contributed by atoms with Crippen LogP contribution in [0.4, 0.5) is 0 Å². The number of amides is 2. The second-order valence-electron chi connectivity index (χ2n) is 11.3. The van der Waals surface area contributed by atoms with E-state index in [0.717, 1.165) is 28.9 Å². The summed E-state index contributed by atoms with van der Waals surface area (Å²) in [6, 6.07) is 14.5. The van der Waals surface area contributed by atoms with Crippen LogP contribution in [0.2, 0.25) is 0 Å². The van der Waals surface area contributed by atoms with Gasteiger partial charge in [0, 0.05) is 32.8 Å². The van der Waals surface area contributed by atoms with Gasteiger partial charge in [-0.15, -0.1) is 0 Å². The molecule has 0 spiro atoms. The van der Waals surface area contributed by atoms with Crippen LogP contribution in [0.25, 0.3) is 0 Å². The summed E-state index contributed by atoms with van der Waals surface area (Å²) >= 11 is 0. The molecule has 2 N–H and O–H groups in total. The Labute approximate surface area is 249 Å². The smallest absolute Gasteiger partial charge is 0.244 e. The van der Waals surface area contributed by atoms with E-state index in [-0.39, 0.29) is 43.9 Å². The molecule has 0 heterocycles. The maximum atomic E-state index is 13.4. The predicted octanol–water partition coefficient (Wildman–Crippen LogP) is 4.34. The average Bonchev–Trinajstić information content (AvgIpc) is 2.97. The zero-order chi connectivity index (χ0) is 31.1. The molecular formula is C33H46N2O7. The van der Waals surface area contributed by atoms with Gasteiger partial charge < -0.3 is 14.8 Å². The zero-order valence-corrected chi connectivity index (χ0v) is 25.8. The molecule has 9 heteroatoms. The van der Waals surface area contributed by atoms with Crippen LogP contribution in [-0.2, 0) is 48.0 Å². The van der Waals surface area contributed by atoms with Crippen molar-refractivity contribution in [3.8, 4) is 5.75 Å². The van der Waals surface area contributed by atoms with Crippen molar-refractivity contribution in [3.05, 3.63) is 65.2 Å². The molecule has 2 amide bonds. The van der Waals surface area contributed by atoms with Crippen LogP contribution >= 0.6 is 0 Å². The summed E-state index contributed by atoms with van der Waals surface area (Å²) < 4.78 is 10.8. The predicted molar refractivity (Wildman–Crippen MR) is 161 cm³/mol. The number of hydrogen-bond acceptors (Lipinski definition) is 7. The molecule has 0 aliphatic rings. The first-order valence-corrected chi connectivity index (χ1v) is 14.5. The number of hydroxylamine groups is 1. The van der Waals surface area contributed by atoms with Gasteiger partial charge in [-0.2, -0.15) is 0 Å². The summed E-state index contributed by atoms with van der Waals surface area (Å²) in [7, 11) is 3.06. The highest BCUT2D eigenvalue weighted by Gasteiger charge is 2.29. The van der Waals surface area contributed by atoms with Crippen LogP contribution in [0.5, 0.6) is 5.75 Å². The molecule has 2 aromatic rings. The van der Waals surface area contributed by atoms with Crippen molar-refractivity contribution in [1.29, 1.82) is 0 Å². The molecule has 230 valence electrons. The van der Waals surface area contributed by atoms with E-state index in [1.807, 2.05) is 55.5 Å². The van der Waals surface area contributed by atoms with Crippen LogP contribution in [0, 0.1) is 5.92 Å². The topological polar surface area (TPSA) is 120 Å². The Balaban J connectivity index is 2.11. The van der Waals surface area contributed by atoms with Gasteiger partial charge >= 0.3 is 0 Å². The highest BCUT2D eigenvalue weighted by atomic mass is 16.7. The Bertz CT molecular complexity index is 1170. The fourth-order valence-corrected chi connectivity index (χ4v) is 4.52. The van der Waals surface area contributed by atoms with Gasteiger partial charge in [-0.3, -0.25) is 24.0 Å². The number of benzene rings is 2. The molecule has 0 aromatic heterocycles. The maximum Gasteiger partial charge on any atom is 0.244 e. The number of Topliss-reactive ketones (excluding diaryl/α,β-unsaturated/α-hetero) is 2. The molecule has 9 nitrogen and oxygen atoms in total. The normalized spacial score (nSPS) is 12.7. The molecule has 0 fully saturated rings. The Morgan fingerprint density at radius 2 is 1.55 bits per heavy atom. The second-order valence-corrected chi connectivity index (χ2v) is 11.3. The minimum atomic E-state index is -0.981. The molecule has 0 aliphatic heterocycles. The minimum absolute atomic E-state index is 0.0370. The quantitative estimate of drug-likeness (QED) is 0.251. The molecule has 2 rings (SSSR count). The highest BCUT2D eigenvalue weighted by Crippen LogP contribution is 2.25. The SMILES string of the molecule is CCc1cccc(CCC(=O)[C@H](COC)NC(=O)[C@@H](CC(=O)CCc2ccccc2)CC(=O)NOC(C)(C)C)c1OC.